The molecule has 162 valence electrons. The van der Waals surface area contributed by atoms with Gasteiger partial charge in [-0.25, -0.2) is 13.2 Å². The highest BCUT2D eigenvalue weighted by atomic mass is 32.2. The van der Waals surface area contributed by atoms with Crippen molar-refractivity contribution >= 4 is 15.9 Å². The van der Waals surface area contributed by atoms with E-state index in [4.69, 9.17) is 0 Å². The molecule has 1 atom stereocenters. The number of sulfonamides is 1. The maximum atomic E-state index is 13.0. The molecule has 1 aromatic heterocycles. The zero-order valence-electron chi connectivity index (χ0n) is 16.8. The van der Waals surface area contributed by atoms with Crippen molar-refractivity contribution in [3.8, 4) is 0 Å². The molecule has 30 heavy (non-hydrogen) atoms. The van der Waals surface area contributed by atoms with Gasteiger partial charge in [0.25, 0.3) is 5.56 Å². The van der Waals surface area contributed by atoms with E-state index in [9.17, 15) is 22.8 Å². The van der Waals surface area contributed by atoms with Crippen LogP contribution in [0, 0.1) is 12.8 Å². The number of piperidine rings is 1. The molecule has 1 fully saturated rings. The molecule has 1 aromatic carbocycles. The van der Waals surface area contributed by atoms with Crippen LogP contribution in [0.4, 0.5) is 0 Å². The molecule has 3 rings (SSSR count). The SMILES string of the molecule is Cc1[nH]c(=O)[nH]c(=O)c1S(=O)(=O)N1CCCC(C(=O)NCCCc2ccccc2)C1. The van der Waals surface area contributed by atoms with Gasteiger partial charge in [-0.1, -0.05) is 30.3 Å². The number of nitrogens with one attached hydrogen (secondary N) is 3. The van der Waals surface area contributed by atoms with E-state index in [0.717, 1.165) is 17.1 Å². The van der Waals surface area contributed by atoms with Crippen molar-refractivity contribution in [2.24, 2.45) is 5.92 Å². The molecule has 2 heterocycles. The Morgan fingerprint density at radius 3 is 2.63 bits per heavy atom. The molecule has 0 aliphatic carbocycles. The number of aromatic amines is 2. The number of amides is 1. The largest absolute Gasteiger partial charge is 0.356 e. The third kappa shape index (κ3) is 5.06. The maximum Gasteiger partial charge on any atom is 0.325 e. The average molecular weight is 435 g/mol. The first kappa shape index (κ1) is 22.0. The molecule has 0 spiro atoms. The van der Waals surface area contributed by atoms with Crippen LogP contribution in [0.25, 0.3) is 0 Å². The van der Waals surface area contributed by atoms with E-state index in [0.29, 0.717) is 19.4 Å². The minimum Gasteiger partial charge on any atom is -0.356 e. The second-order valence-corrected chi connectivity index (χ2v) is 9.32. The summed E-state index contributed by atoms with van der Waals surface area (Å²) in [5.41, 5.74) is -0.536. The number of H-pyrrole nitrogens is 2. The Kier molecular flexibility index (Phi) is 6.88. The number of aryl methyl sites for hydroxylation is 2. The van der Waals surface area contributed by atoms with E-state index in [1.807, 2.05) is 35.3 Å². The van der Waals surface area contributed by atoms with Crippen LogP contribution in [0.15, 0.2) is 44.8 Å². The van der Waals surface area contributed by atoms with E-state index in [1.165, 1.54) is 12.5 Å². The maximum absolute atomic E-state index is 13.0. The number of carbonyl (C=O) groups excluding carboxylic acids is 1. The number of rotatable bonds is 7. The highest BCUT2D eigenvalue weighted by Gasteiger charge is 2.35. The molecule has 1 aliphatic heterocycles. The first-order chi connectivity index (χ1) is 14.3. The normalized spacial score (nSPS) is 17.6. The van der Waals surface area contributed by atoms with Crippen LogP contribution in [0.1, 0.15) is 30.5 Å². The summed E-state index contributed by atoms with van der Waals surface area (Å²) in [6.45, 7) is 2.10. The van der Waals surface area contributed by atoms with Gasteiger partial charge in [0.05, 0.1) is 5.92 Å². The smallest absolute Gasteiger partial charge is 0.325 e. The average Bonchev–Trinajstić information content (AvgIpc) is 2.71. The summed E-state index contributed by atoms with van der Waals surface area (Å²) in [6.07, 6.45) is 2.73. The third-order valence-electron chi connectivity index (χ3n) is 5.21. The molecule has 3 N–H and O–H groups in total. The lowest BCUT2D eigenvalue weighted by Gasteiger charge is -2.31. The van der Waals surface area contributed by atoms with E-state index < -0.39 is 32.1 Å². The van der Waals surface area contributed by atoms with Crippen molar-refractivity contribution in [2.75, 3.05) is 19.6 Å². The van der Waals surface area contributed by atoms with E-state index in [1.54, 1.807) is 0 Å². The summed E-state index contributed by atoms with van der Waals surface area (Å²) in [6, 6.07) is 9.97. The zero-order valence-corrected chi connectivity index (χ0v) is 17.6. The van der Waals surface area contributed by atoms with Crippen molar-refractivity contribution in [1.29, 1.82) is 0 Å². The first-order valence-electron chi connectivity index (χ1n) is 9.94. The fourth-order valence-corrected chi connectivity index (χ4v) is 5.42. The van der Waals surface area contributed by atoms with Crippen LogP contribution >= 0.6 is 0 Å². The van der Waals surface area contributed by atoms with Gasteiger partial charge in [0.1, 0.15) is 0 Å². The molecule has 1 saturated heterocycles. The zero-order chi connectivity index (χ0) is 21.7. The van der Waals surface area contributed by atoms with Gasteiger partial charge >= 0.3 is 5.69 Å². The summed E-state index contributed by atoms with van der Waals surface area (Å²) < 4.78 is 27.1. The van der Waals surface area contributed by atoms with Gasteiger partial charge in [0.2, 0.25) is 15.9 Å². The van der Waals surface area contributed by atoms with Gasteiger partial charge in [-0.2, -0.15) is 4.31 Å². The Morgan fingerprint density at radius 1 is 1.20 bits per heavy atom. The second-order valence-electron chi connectivity index (χ2n) is 7.44. The molecule has 0 radical (unpaired) electrons. The third-order valence-corrected chi connectivity index (χ3v) is 7.23. The highest BCUT2D eigenvalue weighted by molar-refractivity contribution is 7.89. The van der Waals surface area contributed by atoms with Crippen LogP contribution in [0.2, 0.25) is 0 Å². The van der Waals surface area contributed by atoms with Crippen molar-refractivity contribution < 1.29 is 13.2 Å². The number of benzene rings is 1. The van der Waals surface area contributed by atoms with E-state index in [2.05, 4.69) is 10.3 Å². The minimum absolute atomic E-state index is 0.00482. The quantitative estimate of drug-likeness (QED) is 0.547. The molecule has 9 nitrogen and oxygen atoms in total. The highest BCUT2D eigenvalue weighted by Crippen LogP contribution is 2.23. The molecule has 1 amide bonds. The van der Waals surface area contributed by atoms with Crippen LogP contribution in [-0.4, -0.2) is 48.2 Å². The molecular formula is C20H26N4O5S. The summed E-state index contributed by atoms with van der Waals surface area (Å²) in [7, 11) is -4.13. The van der Waals surface area contributed by atoms with Crippen LogP contribution in [0.3, 0.4) is 0 Å². The van der Waals surface area contributed by atoms with Gasteiger partial charge in [0.15, 0.2) is 4.90 Å². The van der Waals surface area contributed by atoms with Gasteiger partial charge in [-0.05, 0) is 38.2 Å². The summed E-state index contributed by atoms with van der Waals surface area (Å²) in [4.78, 5) is 39.8. The Hall–Kier alpha value is -2.72. The van der Waals surface area contributed by atoms with Gasteiger partial charge in [-0.3, -0.25) is 14.6 Å². The lowest BCUT2D eigenvalue weighted by molar-refractivity contribution is -0.126. The van der Waals surface area contributed by atoms with Crippen LogP contribution in [-0.2, 0) is 21.2 Å². The van der Waals surface area contributed by atoms with Crippen molar-refractivity contribution in [3.63, 3.8) is 0 Å². The fourth-order valence-electron chi connectivity index (χ4n) is 3.70. The lowest BCUT2D eigenvalue weighted by atomic mass is 9.99. The Balaban J connectivity index is 1.61. The molecule has 2 aromatic rings. The van der Waals surface area contributed by atoms with Gasteiger partial charge < -0.3 is 10.3 Å². The Bertz CT molecular complexity index is 1110. The summed E-state index contributed by atoms with van der Waals surface area (Å²) in [5, 5.41) is 2.89. The lowest BCUT2D eigenvalue weighted by Crippen LogP contribution is -2.47. The van der Waals surface area contributed by atoms with Gasteiger partial charge in [0, 0.05) is 25.3 Å². The number of carbonyl (C=O) groups is 1. The monoisotopic (exact) mass is 434 g/mol. The minimum atomic E-state index is -4.13. The molecular weight excluding hydrogens is 408 g/mol. The molecule has 10 heteroatoms. The van der Waals surface area contributed by atoms with Crippen LogP contribution in [0.5, 0.6) is 0 Å². The standard InChI is InChI=1S/C20H26N4O5S/c1-14-17(19(26)23-20(27)22-14)30(28,29)24-12-6-10-16(13-24)18(25)21-11-5-9-15-7-3-2-4-8-15/h2-4,7-8,16H,5-6,9-13H2,1H3,(H,21,25)(H2,22,23,26,27). The fraction of sp³-hybridized carbons (Fsp3) is 0.450. The molecule has 1 aliphatic rings. The van der Waals surface area contributed by atoms with E-state index in [-0.39, 0.29) is 24.7 Å². The van der Waals surface area contributed by atoms with Crippen molar-refractivity contribution in [3.05, 3.63) is 62.4 Å². The van der Waals surface area contributed by atoms with Crippen molar-refractivity contribution in [1.82, 2.24) is 19.6 Å². The predicted octanol–water partition coefficient (Wildman–Crippen LogP) is 0.521. The molecule has 1 unspecified atom stereocenters. The van der Waals surface area contributed by atoms with E-state index >= 15 is 0 Å². The Morgan fingerprint density at radius 2 is 1.93 bits per heavy atom. The Labute approximate surface area is 174 Å². The first-order valence-corrected chi connectivity index (χ1v) is 11.4. The molecule has 0 bridgehead atoms. The number of hydrogen-bond donors (Lipinski definition) is 3. The van der Waals surface area contributed by atoms with Crippen molar-refractivity contribution in [2.45, 2.75) is 37.5 Å². The number of nitrogens with zero attached hydrogens (tertiary/aromatic N) is 1. The summed E-state index contributed by atoms with van der Waals surface area (Å²) in [5.74, 6) is -0.664. The van der Waals surface area contributed by atoms with Gasteiger partial charge in [-0.15, -0.1) is 0 Å². The second kappa shape index (κ2) is 9.40. The van der Waals surface area contributed by atoms with Crippen LogP contribution < -0.4 is 16.6 Å². The number of aromatic nitrogens is 2. The summed E-state index contributed by atoms with van der Waals surface area (Å²) >= 11 is 0. The number of hydrogen-bond acceptors (Lipinski definition) is 5. The molecule has 0 saturated carbocycles. The topological polar surface area (TPSA) is 132 Å². The predicted molar refractivity (Wildman–Crippen MR) is 112 cm³/mol.